The van der Waals surface area contributed by atoms with Gasteiger partial charge in [0.1, 0.15) is 0 Å². The Bertz CT molecular complexity index is 581. The zero-order valence-electron chi connectivity index (χ0n) is 11.3. The van der Waals surface area contributed by atoms with Crippen molar-refractivity contribution < 1.29 is 23.2 Å². The Kier molecular flexibility index (Phi) is 4.67. The van der Waals surface area contributed by atoms with Crippen LogP contribution in [0.3, 0.4) is 0 Å². The Morgan fingerprint density at radius 2 is 1.68 bits per heavy atom. The molecule has 0 radical (unpaired) electrons. The van der Waals surface area contributed by atoms with Crippen LogP contribution in [0.4, 0.5) is 0 Å². The number of nitrogens with one attached hydrogen (secondary N) is 1. The van der Waals surface area contributed by atoms with Crippen LogP contribution in [0, 0.1) is 27.7 Å². The number of carboxylic acid groups (broad SMARTS) is 1. The van der Waals surface area contributed by atoms with Crippen LogP contribution in [0.1, 0.15) is 22.3 Å². The minimum Gasteiger partial charge on any atom is -0.479 e. The quantitative estimate of drug-likeness (QED) is 0.794. The molecule has 0 spiro atoms. The summed E-state index contributed by atoms with van der Waals surface area (Å²) in [6, 6.07) is 1.90. The molecule has 1 aromatic rings. The van der Waals surface area contributed by atoms with Gasteiger partial charge in [-0.1, -0.05) is 11.0 Å². The lowest BCUT2D eigenvalue weighted by Crippen LogP contribution is -2.28. The largest absolute Gasteiger partial charge is 0.479 e. The molecule has 1 rings (SSSR count). The Balaban J connectivity index is 3.18. The Labute approximate surface area is 112 Å². The van der Waals surface area contributed by atoms with Gasteiger partial charge in [0.25, 0.3) is 10.0 Å². The van der Waals surface area contributed by atoms with Crippen LogP contribution >= 0.6 is 0 Å². The molecule has 19 heavy (non-hydrogen) atoms. The molecule has 0 aliphatic rings. The summed E-state index contributed by atoms with van der Waals surface area (Å²) in [7, 11) is -3.90. The normalized spacial score (nSPS) is 11.6. The average molecular weight is 287 g/mol. The molecule has 106 valence electrons. The van der Waals surface area contributed by atoms with Gasteiger partial charge in [0.05, 0.1) is 4.90 Å². The molecular weight excluding hydrogens is 270 g/mol. The van der Waals surface area contributed by atoms with Crippen molar-refractivity contribution in [2.24, 2.45) is 0 Å². The van der Waals surface area contributed by atoms with Gasteiger partial charge in [-0.05, 0) is 49.9 Å². The maximum absolute atomic E-state index is 12.1. The predicted molar refractivity (Wildman–Crippen MR) is 69.3 cm³/mol. The SMILES string of the molecule is Cc1cc(C)c(C)c(S(=O)(=O)NOCC(=O)O)c1C. The average Bonchev–Trinajstić information content (AvgIpc) is 2.25. The van der Waals surface area contributed by atoms with Gasteiger partial charge in [0, 0.05) is 0 Å². The third kappa shape index (κ3) is 3.52. The van der Waals surface area contributed by atoms with Gasteiger partial charge in [-0.2, -0.15) is 0 Å². The van der Waals surface area contributed by atoms with E-state index in [9.17, 15) is 13.2 Å². The topological polar surface area (TPSA) is 92.7 Å². The van der Waals surface area contributed by atoms with Crippen molar-refractivity contribution in [2.45, 2.75) is 32.6 Å². The first-order valence-electron chi connectivity index (χ1n) is 5.59. The maximum atomic E-state index is 12.1. The van der Waals surface area contributed by atoms with Crippen LogP contribution in [0.5, 0.6) is 0 Å². The smallest absolute Gasteiger partial charge is 0.331 e. The van der Waals surface area contributed by atoms with E-state index in [-0.39, 0.29) is 4.90 Å². The Morgan fingerprint density at radius 1 is 1.21 bits per heavy atom. The van der Waals surface area contributed by atoms with Crippen LogP contribution in [0.2, 0.25) is 0 Å². The van der Waals surface area contributed by atoms with Gasteiger partial charge >= 0.3 is 5.97 Å². The summed E-state index contributed by atoms with van der Waals surface area (Å²) in [6.07, 6.45) is 0. The van der Waals surface area contributed by atoms with Crippen molar-refractivity contribution in [3.8, 4) is 0 Å². The highest BCUT2D eigenvalue weighted by molar-refractivity contribution is 7.89. The molecule has 0 saturated carbocycles. The minimum absolute atomic E-state index is 0.135. The molecule has 0 aliphatic carbocycles. The molecule has 0 bridgehead atoms. The monoisotopic (exact) mass is 287 g/mol. The van der Waals surface area contributed by atoms with Gasteiger partial charge in [-0.3, -0.25) is 4.84 Å². The Morgan fingerprint density at radius 3 is 2.11 bits per heavy atom. The van der Waals surface area contributed by atoms with E-state index in [1.165, 1.54) is 0 Å². The molecule has 0 saturated heterocycles. The summed E-state index contributed by atoms with van der Waals surface area (Å²) < 4.78 is 24.3. The number of carboxylic acids is 1. The lowest BCUT2D eigenvalue weighted by atomic mass is 10.0. The summed E-state index contributed by atoms with van der Waals surface area (Å²) >= 11 is 0. The van der Waals surface area contributed by atoms with Crippen LogP contribution in [-0.4, -0.2) is 26.1 Å². The van der Waals surface area contributed by atoms with Gasteiger partial charge in [-0.25, -0.2) is 13.2 Å². The van der Waals surface area contributed by atoms with Crippen LogP contribution in [0.25, 0.3) is 0 Å². The highest BCUT2D eigenvalue weighted by atomic mass is 32.2. The number of hydrogen-bond donors (Lipinski definition) is 2. The number of benzene rings is 1. The fraction of sp³-hybridized carbons (Fsp3) is 0.417. The second kappa shape index (κ2) is 5.68. The van der Waals surface area contributed by atoms with E-state index in [4.69, 9.17) is 5.11 Å². The van der Waals surface area contributed by atoms with E-state index in [1.807, 2.05) is 24.8 Å². The van der Waals surface area contributed by atoms with Crippen molar-refractivity contribution in [1.82, 2.24) is 4.89 Å². The van der Waals surface area contributed by atoms with Gasteiger partial charge in [-0.15, -0.1) is 0 Å². The fourth-order valence-electron chi connectivity index (χ4n) is 1.79. The van der Waals surface area contributed by atoms with Crippen LogP contribution in [0.15, 0.2) is 11.0 Å². The number of aryl methyl sites for hydroxylation is 2. The molecule has 0 aliphatic heterocycles. The number of rotatable bonds is 5. The molecule has 0 unspecified atom stereocenters. The van der Waals surface area contributed by atoms with E-state index < -0.39 is 22.6 Å². The third-order valence-corrected chi connectivity index (χ3v) is 4.42. The van der Waals surface area contributed by atoms with Crippen LogP contribution < -0.4 is 4.89 Å². The molecular formula is C12H17NO5S. The first-order valence-corrected chi connectivity index (χ1v) is 7.08. The zero-order chi connectivity index (χ0) is 14.8. The molecule has 0 atom stereocenters. The fourth-order valence-corrected chi connectivity index (χ4v) is 3.22. The van der Waals surface area contributed by atoms with Crippen molar-refractivity contribution in [3.05, 3.63) is 28.3 Å². The van der Waals surface area contributed by atoms with E-state index >= 15 is 0 Å². The summed E-state index contributed by atoms with van der Waals surface area (Å²) in [5.41, 5.74) is 2.94. The molecule has 0 aromatic heterocycles. The van der Waals surface area contributed by atoms with E-state index in [1.54, 1.807) is 13.8 Å². The number of hydrogen-bond acceptors (Lipinski definition) is 4. The minimum atomic E-state index is -3.90. The van der Waals surface area contributed by atoms with E-state index in [0.29, 0.717) is 11.1 Å². The van der Waals surface area contributed by atoms with Crippen molar-refractivity contribution in [1.29, 1.82) is 0 Å². The maximum Gasteiger partial charge on any atom is 0.331 e. The van der Waals surface area contributed by atoms with Crippen LogP contribution in [-0.2, 0) is 19.7 Å². The van der Waals surface area contributed by atoms with Crippen molar-refractivity contribution >= 4 is 16.0 Å². The number of aliphatic carboxylic acids is 1. The van der Waals surface area contributed by atoms with Crippen molar-refractivity contribution in [2.75, 3.05) is 6.61 Å². The third-order valence-electron chi connectivity index (χ3n) is 2.93. The molecule has 6 nitrogen and oxygen atoms in total. The molecule has 0 amide bonds. The summed E-state index contributed by atoms with van der Waals surface area (Å²) in [5.74, 6) is -1.25. The standard InChI is InChI=1S/C12H17NO5S/c1-7-5-8(2)10(4)12(9(7)3)19(16,17)13-18-6-11(14)15/h5,13H,6H2,1-4H3,(H,14,15). The van der Waals surface area contributed by atoms with E-state index in [2.05, 4.69) is 4.84 Å². The zero-order valence-corrected chi connectivity index (χ0v) is 12.1. The predicted octanol–water partition coefficient (Wildman–Crippen LogP) is 1.21. The summed E-state index contributed by atoms with van der Waals surface area (Å²) in [6.45, 7) is 6.31. The lowest BCUT2D eigenvalue weighted by molar-refractivity contribution is -0.143. The van der Waals surface area contributed by atoms with Crippen molar-refractivity contribution in [3.63, 3.8) is 0 Å². The molecule has 0 heterocycles. The molecule has 2 N–H and O–H groups in total. The summed E-state index contributed by atoms with van der Waals surface area (Å²) in [4.78, 5) is 16.7. The second-order valence-corrected chi connectivity index (χ2v) is 5.94. The van der Waals surface area contributed by atoms with E-state index in [0.717, 1.165) is 11.1 Å². The van der Waals surface area contributed by atoms with Gasteiger partial charge < -0.3 is 5.11 Å². The molecule has 7 heteroatoms. The highest BCUT2D eigenvalue weighted by Crippen LogP contribution is 2.25. The Hall–Kier alpha value is -1.44. The number of sulfonamides is 1. The lowest BCUT2D eigenvalue weighted by Gasteiger charge is -2.15. The van der Waals surface area contributed by atoms with Gasteiger partial charge in [0.2, 0.25) is 0 Å². The first kappa shape index (κ1) is 15.6. The summed E-state index contributed by atoms with van der Waals surface area (Å²) in [5, 5.41) is 8.42. The molecule has 1 aromatic carbocycles. The van der Waals surface area contributed by atoms with Gasteiger partial charge in [0.15, 0.2) is 6.61 Å². The number of carbonyl (C=O) groups is 1. The molecule has 0 fully saturated rings. The first-order chi connectivity index (χ1) is 8.66. The second-order valence-electron chi connectivity index (χ2n) is 4.36. The highest BCUT2D eigenvalue weighted by Gasteiger charge is 2.22.